The van der Waals surface area contributed by atoms with Crippen LogP contribution in [0.25, 0.3) is 22.6 Å². The van der Waals surface area contributed by atoms with Gasteiger partial charge in [-0.3, -0.25) is 4.79 Å². The lowest BCUT2D eigenvalue weighted by molar-refractivity contribution is 0.0753. The van der Waals surface area contributed by atoms with Crippen molar-refractivity contribution < 1.29 is 19.0 Å². The fraction of sp³-hybridized carbons (Fsp3) is 0.302. The van der Waals surface area contributed by atoms with E-state index in [0.29, 0.717) is 37.1 Å². The zero-order valence-corrected chi connectivity index (χ0v) is 29.7. The highest BCUT2D eigenvalue weighted by Gasteiger charge is 2.30. The number of fused-ring (bicyclic) bond motifs is 2. The molecule has 6 nitrogen and oxygen atoms in total. The molecule has 4 aromatic carbocycles. The number of methoxy groups -OCH3 is 2. The molecule has 6 rings (SSSR count). The van der Waals surface area contributed by atoms with E-state index >= 15 is 0 Å². The SMILES string of the molecule is CCN(Cc1cc(C)c(OCc2ccc(C)cc2)c(C)c1)C(=O)c1c2c(nc3ccccc13)/C(=C/c1cccc(OC)c1OC)CC(C)C2. The lowest BCUT2D eigenvalue weighted by Gasteiger charge is -2.29. The topological polar surface area (TPSA) is 60.9 Å². The van der Waals surface area contributed by atoms with E-state index in [-0.39, 0.29) is 5.91 Å². The third-order valence-corrected chi connectivity index (χ3v) is 9.46. The summed E-state index contributed by atoms with van der Waals surface area (Å²) in [6.45, 7) is 12.1. The molecule has 1 aromatic heterocycles. The molecule has 0 N–H and O–H groups in total. The van der Waals surface area contributed by atoms with E-state index in [1.807, 2.05) is 47.4 Å². The Hall–Kier alpha value is -5.10. The van der Waals surface area contributed by atoms with Crippen molar-refractivity contribution in [3.05, 3.63) is 129 Å². The summed E-state index contributed by atoms with van der Waals surface area (Å²) in [7, 11) is 3.31. The first kappa shape index (κ1) is 33.8. The minimum Gasteiger partial charge on any atom is -0.493 e. The average Bonchev–Trinajstić information content (AvgIpc) is 3.09. The number of pyridine rings is 1. The van der Waals surface area contributed by atoms with Gasteiger partial charge in [-0.1, -0.05) is 79.2 Å². The number of carbonyl (C=O) groups excluding carboxylic acids is 1. The number of nitrogens with zero attached hydrogens (tertiary/aromatic N) is 2. The number of carbonyl (C=O) groups is 1. The first-order valence-corrected chi connectivity index (χ1v) is 17.1. The number of aryl methyl sites for hydroxylation is 3. The Morgan fingerprint density at radius 1 is 0.878 bits per heavy atom. The van der Waals surface area contributed by atoms with Gasteiger partial charge in [-0.15, -0.1) is 0 Å². The van der Waals surface area contributed by atoms with Crippen molar-refractivity contribution >= 4 is 28.5 Å². The molecule has 0 radical (unpaired) electrons. The van der Waals surface area contributed by atoms with Crippen molar-refractivity contribution in [3.63, 3.8) is 0 Å². The van der Waals surface area contributed by atoms with Crippen molar-refractivity contribution in [2.75, 3.05) is 20.8 Å². The van der Waals surface area contributed by atoms with Crippen LogP contribution in [0.1, 0.15) is 75.3 Å². The summed E-state index contributed by atoms with van der Waals surface area (Å²) in [6, 6.07) is 26.6. The minimum absolute atomic E-state index is 0.0276. The maximum atomic E-state index is 14.8. The summed E-state index contributed by atoms with van der Waals surface area (Å²) in [5.74, 6) is 2.62. The summed E-state index contributed by atoms with van der Waals surface area (Å²) in [4.78, 5) is 21.9. The maximum absolute atomic E-state index is 14.8. The van der Waals surface area contributed by atoms with Crippen LogP contribution in [0.5, 0.6) is 17.2 Å². The van der Waals surface area contributed by atoms with E-state index in [1.165, 1.54) is 5.56 Å². The molecule has 0 fully saturated rings. The van der Waals surface area contributed by atoms with Crippen LogP contribution in [0.15, 0.2) is 78.9 Å². The number of ether oxygens (including phenoxy) is 3. The Morgan fingerprint density at radius 3 is 2.31 bits per heavy atom. The van der Waals surface area contributed by atoms with Crippen molar-refractivity contribution in [3.8, 4) is 17.2 Å². The van der Waals surface area contributed by atoms with Crippen molar-refractivity contribution in [1.29, 1.82) is 0 Å². The molecule has 1 amide bonds. The Labute approximate surface area is 290 Å². The van der Waals surface area contributed by atoms with Crippen LogP contribution in [0, 0.1) is 26.7 Å². The molecule has 0 saturated carbocycles. The lowest BCUT2D eigenvalue weighted by atomic mass is 9.80. The first-order valence-electron chi connectivity index (χ1n) is 17.1. The zero-order chi connectivity index (χ0) is 34.7. The molecule has 252 valence electrons. The molecule has 6 heteroatoms. The standard InChI is InChI=1S/C43H46N2O4/c1-8-45(25-32-22-29(4)41(30(5)23-32)49-26-31-18-16-27(2)17-19-31)43(46)39-35-13-9-10-14-37(35)44-40-34(20-28(3)21-36(39)40)24-33-12-11-15-38(47-6)42(33)48-7/h9-19,22-24,28H,8,20-21,25-26H2,1-7H3/b34-24+. The number of hydrogen-bond donors (Lipinski definition) is 0. The Kier molecular flexibility index (Phi) is 10.0. The van der Waals surface area contributed by atoms with E-state index in [9.17, 15) is 4.79 Å². The number of hydrogen-bond acceptors (Lipinski definition) is 5. The Morgan fingerprint density at radius 2 is 1.61 bits per heavy atom. The monoisotopic (exact) mass is 654 g/mol. The normalized spacial score (nSPS) is 14.8. The molecule has 0 saturated heterocycles. The summed E-state index contributed by atoms with van der Waals surface area (Å²) in [5.41, 5.74) is 11.1. The van der Waals surface area contributed by atoms with Crippen molar-refractivity contribution in [2.45, 2.75) is 60.6 Å². The molecule has 0 spiro atoms. The molecular formula is C43H46N2O4. The van der Waals surface area contributed by atoms with Gasteiger partial charge in [-0.2, -0.15) is 0 Å². The van der Waals surface area contributed by atoms with Gasteiger partial charge in [0.1, 0.15) is 12.4 Å². The van der Waals surface area contributed by atoms with Gasteiger partial charge in [-0.25, -0.2) is 4.98 Å². The van der Waals surface area contributed by atoms with Gasteiger partial charge in [0.2, 0.25) is 0 Å². The number of aromatic nitrogens is 1. The molecule has 1 heterocycles. The van der Waals surface area contributed by atoms with Crippen LogP contribution >= 0.6 is 0 Å². The maximum Gasteiger partial charge on any atom is 0.255 e. The zero-order valence-electron chi connectivity index (χ0n) is 29.7. The predicted molar refractivity (Wildman–Crippen MR) is 198 cm³/mol. The summed E-state index contributed by atoms with van der Waals surface area (Å²) >= 11 is 0. The smallest absolute Gasteiger partial charge is 0.255 e. The number of benzene rings is 4. The van der Waals surface area contributed by atoms with E-state index in [0.717, 1.165) is 79.7 Å². The minimum atomic E-state index is 0.0276. The second-order valence-corrected chi connectivity index (χ2v) is 13.2. The number of amides is 1. The van der Waals surface area contributed by atoms with E-state index in [2.05, 4.69) is 77.1 Å². The molecular weight excluding hydrogens is 608 g/mol. The quantitative estimate of drug-likeness (QED) is 0.150. The fourth-order valence-corrected chi connectivity index (χ4v) is 7.10. The van der Waals surface area contributed by atoms with Crippen LogP contribution in [-0.4, -0.2) is 36.6 Å². The van der Waals surface area contributed by atoms with Gasteiger partial charge < -0.3 is 19.1 Å². The number of allylic oxidation sites excluding steroid dienone is 1. The summed E-state index contributed by atoms with van der Waals surface area (Å²) < 4.78 is 17.6. The highest BCUT2D eigenvalue weighted by atomic mass is 16.5. The fourth-order valence-electron chi connectivity index (χ4n) is 7.10. The van der Waals surface area contributed by atoms with Gasteiger partial charge in [0.25, 0.3) is 5.91 Å². The molecule has 0 aliphatic heterocycles. The average molecular weight is 655 g/mol. The third kappa shape index (κ3) is 7.05. The van der Waals surface area contributed by atoms with E-state index < -0.39 is 0 Å². The van der Waals surface area contributed by atoms with E-state index in [4.69, 9.17) is 19.2 Å². The number of para-hydroxylation sites is 2. The first-order chi connectivity index (χ1) is 23.7. The highest BCUT2D eigenvalue weighted by Crippen LogP contribution is 2.41. The van der Waals surface area contributed by atoms with Gasteiger partial charge in [0, 0.05) is 24.0 Å². The van der Waals surface area contributed by atoms with Crippen molar-refractivity contribution in [1.82, 2.24) is 9.88 Å². The third-order valence-electron chi connectivity index (χ3n) is 9.46. The highest BCUT2D eigenvalue weighted by molar-refractivity contribution is 6.09. The Balaban J connectivity index is 1.36. The molecule has 49 heavy (non-hydrogen) atoms. The van der Waals surface area contributed by atoms with Crippen LogP contribution in [0.2, 0.25) is 0 Å². The summed E-state index contributed by atoms with van der Waals surface area (Å²) in [5, 5.41) is 0.893. The summed E-state index contributed by atoms with van der Waals surface area (Å²) in [6.07, 6.45) is 3.78. The lowest BCUT2D eigenvalue weighted by Crippen LogP contribution is -2.32. The van der Waals surface area contributed by atoms with Gasteiger partial charge in [0.05, 0.1) is 31.0 Å². The van der Waals surface area contributed by atoms with Crippen LogP contribution in [-0.2, 0) is 19.6 Å². The van der Waals surface area contributed by atoms with Crippen LogP contribution in [0.3, 0.4) is 0 Å². The molecule has 5 aromatic rings. The molecule has 1 unspecified atom stereocenters. The Bertz CT molecular complexity index is 2010. The molecule has 0 bridgehead atoms. The molecule has 1 aliphatic carbocycles. The van der Waals surface area contributed by atoms with Gasteiger partial charge in [0.15, 0.2) is 11.5 Å². The molecule has 1 atom stereocenters. The second kappa shape index (κ2) is 14.6. The second-order valence-electron chi connectivity index (χ2n) is 13.2. The predicted octanol–water partition coefficient (Wildman–Crippen LogP) is 9.54. The van der Waals surface area contributed by atoms with Crippen molar-refractivity contribution in [2.24, 2.45) is 5.92 Å². The van der Waals surface area contributed by atoms with Crippen LogP contribution < -0.4 is 14.2 Å². The van der Waals surface area contributed by atoms with Gasteiger partial charge in [-0.05, 0) is 98.1 Å². The van der Waals surface area contributed by atoms with Gasteiger partial charge >= 0.3 is 0 Å². The molecule has 1 aliphatic rings. The van der Waals surface area contributed by atoms with E-state index in [1.54, 1.807) is 14.2 Å². The number of rotatable bonds is 10. The van der Waals surface area contributed by atoms with Crippen LogP contribution in [0.4, 0.5) is 0 Å². The largest absolute Gasteiger partial charge is 0.493 e.